The molecule has 0 saturated heterocycles. The summed E-state index contributed by atoms with van der Waals surface area (Å²) >= 11 is 0. The fourth-order valence-corrected chi connectivity index (χ4v) is 1.46. The Kier molecular flexibility index (Phi) is 3.43. The molecule has 1 aromatic heterocycles. The van der Waals surface area contributed by atoms with Crippen molar-refractivity contribution in [3.8, 4) is 5.88 Å². The average Bonchev–Trinajstić information content (AvgIpc) is 2.33. The first kappa shape index (κ1) is 10.5. The zero-order valence-electron chi connectivity index (χ0n) is 8.71. The average molecular weight is 219 g/mol. The summed E-state index contributed by atoms with van der Waals surface area (Å²) in [4.78, 5) is 3.89. The fourth-order valence-electron chi connectivity index (χ4n) is 1.46. The maximum absolute atomic E-state index is 12.1. The normalized spacial score (nSPS) is 10.1. The van der Waals surface area contributed by atoms with Crippen LogP contribution in [0.5, 0.6) is 5.88 Å². The molecule has 0 aliphatic heterocycles. The molecule has 0 atom stereocenters. The van der Waals surface area contributed by atoms with Crippen molar-refractivity contribution in [2.75, 3.05) is 6.86 Å². The number of ether oxygens (including phenoxy) is 1. The molecule has 2 aromatic rings. The van der Waals surface area contributed by atoms with Crippen LogP contribution in [0.2, 0.25) is 0 Å². The molecule has 0 radical (unpaired) electrons. The maximum atomic E-state index is 12.1. The number of alkyl halides is 1. The van der Waals surface area contributed by atoms with Gasteiger partial charge in [0.05, 0.1) is 6.20 Å². The quantitative estimate of drug-likeness (QED) is 0.732. The van der Waals surface area contributed by atoms with Crippen LogP contribution in [-0.2, 0) is 6.54 Å². The zero-order chi connectivity index (χ0) is 11.2. The van der Waals surface area contributed by atoms with Crippen LogP contribution < -0.4 is 9.30 Å². The maximum Gasteiger partial charge on any atom is 0.389 e. The molecule has 4 heteroatoms. The van der Waals surface area contributed by atoms with E-state index in [0.29, 0.717) is 12.4 Å². The third kappa shape index (κ3) is 2.53. The van der Waals surface area contributed by atoms with Crippen molar-refractivity contribution in [1.82, 2.24) is 4.98 Å². The first-order valence-corrected chi connectivity index (χ1v) is 4.96. The van der Waals surface area contributed by atoms with Gasteiger partial charge in [-0.15, -0.1) is 0 Å². The van der Waals surface area contributed by atoms with Gasteiger partial charge in [-0.25, -0.2) is 9.37 Å². The van der Waals surface area contributed by atoms with Gasteiger partial charge in [0, 0.05) is 5.56 Å². The number of nitrogens with zero attached hydrogens (tertiary/aromatic N) is 2. The van der Waals surface area contributed by atoms with E-state index in [4.69, 9.17) is 4.74 Å². The summed E-state index contributed by atoms with van der Waals surface area (Å²) in [6.45, 7) is -0.209. The number of hydrogen-bond donors (Lipinski definition) is 0. The molecule has 2 rings (SSSR count). The molecule has 0 aliphatic rings. The lowest BCUT2D eigenvalue weighted by atomic mass is 10.2. The van der Waals surface area contributed by atoms with Crippen molar-refractivity contribution in [2.24, 2.45) is 0 Å². The van der Waals surface area contributed by atoms with Crippen LogP contribution >= 0.6 is 0 Å². The molecule has 1 heterocycles. The van der Waals surface area contributed by atoms with Crippen LogP contribution in [0.4, 0.5) is 4.39 Å². The largest absolute Gasteiger partial charge is 0.411 e. The van der Waals surface area contributed by atoms with Gasteiger partial charge in [0.2, 0.25) is 6.86 Å². The minimum absolute atomic E-state index is 0.425. The van der Waals surface area contributed by atoms with Crippen LogP contribution in [0.25, 0.3) is 0 Å². The molecule has 3 nitrogen and oxygen atoms in total. The van der Waals surface area contributed by atoms with E-state index in [0.717, 1.165) is 5.56 Å². The Hall–Kier alpha value is -1.97. The number of benzene rings is 1. The first-order chi connectivity index (χ1) is 7.90. The van der Waals surface area contributed by atoms with Crippen molar-refractivity contribution < 1.29 is 13.7 Å². The molecule has 16 heavy (non-hydrogen) atoms. The third-order valence-corrected chi connectivity index (χ3v) is 2.20. The Bertz CT molecular complexity index is 448. The van der Waals surface area contributed by atoms with Crippen molar-refractivity contribution in [3.63, 3.8) is 0 Å². The minimum atomic E-state index is -0.847. The fraction of sp³-hybridized carbons (Fsp3) is 0.167. The summed E-state index contributed by atoms with van der Waals surface area (Å²) in [6.07, 6.45) is 4.91. The Morgan fingerprint density at radius 2 is 2.06 bits per heavy atom. The molecule has 82 valence electrons. The summed E-state index contributed by atoms with van der Waals surface area (Å²) in [7, 11) is 0. The van der Waals surface area contributed by atoms with Gasteiger partial charge in [0.25, 0.3) is 0 Å². The highest BCUT2D eigenvalue weighted by Gasteiger charge is 2.11. The highest BCUT2D eigenvalue weighted by atomic mass is 19.1. The third-order valence-electron chi connectivity index (χ3n) is 2.20. The number of halogens is 1. The van der Waals surface area contributed by atoms with Gasteiger partial charge in [-0.3, -0.25) is 0 Å². The summed E-state index contributed by atoms with van der Waals surface area (Å²) < 4.78 is 18.8. The Labute approximate surface area is 93.1 Å². The molecule has 0 N–H and O–H groups in total. The van der Waals surface area contributed by atoms with Crippen LogP contribution in [0.15, 0.2) is 48.9 Å². The van der Waals surface area contributed by atoms with E-state index in [1.807, 2.05) is 34.9 Å². The first-order valence-electron chi connectivity index (χ1n) is 4.96. The van der Waals surface area contributed by atoms with E-state index in [-0.39, 0.29) is 0 Å². The number of aromatic nitrogens is 2. The second kappa shape index (κ2) is 5.21. The topological polar surface area (TPSA) is 26.0 Å². The van der Waals surface area contributed by atoms with E-state index in [9.17, 15) is 4.39 Å². The SMILES string of the molecule is FCOc1cncc[n+]1Cc1ccccc1. The van der Waals surface area contributed by atoms with E-state index in [1.165, 1.54) is 6.20 Å². The molecule has 1 aromatic carbocycles. The van der Waals surface area contributed by atoms with Gasteiger partial charge in [-0.1, -0.05) is 30.3 Å². The van der Waals surface area contributed by atoms with Gasteiger partial charge in [0.15, 0.2) is 12.7 Å². The summed E-state index contributed by atoms with van der Waals surface area (Å²) in [6, 6.07) is 9.90. The van der Waals surface area contributed by atoms with E-state index < -0.39 is 6.86 Å². The van der Waals surface area contributed by atoms with Crippen molar-refractivity contribution in [1.29, 1.82) is 0 Å². The lowest BCUT2D eigenvalue weighted by molar-refractivity contribution is -0.694. The van der Waals surface area contributed by atoms with Gasteiger partial charge in [-0.05, 0) is 0 Å². The Morgan fingerprint density at radius 1 is 1.25 bits per heavy atom. The van der Waals surface area contributed by atoms with E-state index in [2.05, 4.69) is 4.98 Å². The molecular formula is C12H12FN2O+. The molecular weight excluding hydrogens is 207 g/mol. The van der Waals surface area contributed by atoms with Crippen LogP contribution in [0.1, 0.15) is 5.56 Å². The summed E-state index contributed by atoms with van der Waals surface area (Å²) in [5.41, 5.74) is 1.13. The highest BCUT2D eigenvalue weighted by Crippen LogP contribution is 2.03. The Morgan fingerprint density at radius 3 is 2.81 bits per heavy atom. The molecule has 0 fully saturated rings. The molecule has 0 unspecified atom stereocenters. The van der Waals surface area contributed by atoms with Crippen molar-refractivity contribution in [2.45, 2.75) is 6.54 Å². The van der Waals surface area contributed by atoms with Gasteiger partial charge < -0.3 is 4.74 Å². The molecule has 0 bridgehead atoms. The predicted molar refractivity (Wildman–Crippen MR) is 56.6 cm³/mol. The zero-order valence-corrected chi connectivity index (χ0v) is 8.71. The standard InChI is InChI=1S/C12H12FN2O/c13-10-16-12-8-14-6-7-15(12)9-11-4-2-1-3-5-11/h1-8H,9-10H2/q+1. The molecule has 0 aliphatic carbocycles. The number of rotatable bonds is 4. The van der Waals surface area contributed by atoms with E-state index >= 15 is 0 Å². The molecule has 0 saturated carbocycles. The van der Waals surface area contributed by atoms with Gasteiger partial charge in [-0.2, -0.15) is 4.57 Å². The number of hydrogen-bond acceptors (Lipinski definition) is 2. The molecule has 0 spiro atoms. The van der Waals surface area contributed by atoms with Crippen molar-refractivity contribution >= 4 is 0 Å². The van der Waals surface area contributed by atoms with Crippen molar-refractivity contribution in [3.05, 3.63) is 54.5 Å². The van der Waals surface area contributed by atoms with E-state index in [1.54, 1.807) is 12.4 Å². The van der Waals surface area contributed by atoms with Crippen LogP contribution in [0, 0.1) is 0 Å². The van der Waals surface area contributed by atoms with Gasteiger partial charge in [0.1, 0.15) is 6.20 Å². The lowest BCUT2D eigenvalue weighted by Gasteiger charge is -2.02. The van der Waals surface area contributed by atoms with Crippen LogP contribution in [-0.4, -0.2) is 11.8 Å². The Balaban J connectivity index is 2.21. The second-order valence-electron chi connectivity index (χ2n) is 3.28. The minimum Gasteiger partial charge on any atom is -0.411 e. The van der Waals surface area contributed by atoms with Gasteiger partial charge >= 0.3 is 5.88 Å². The predicted octanol–water partition coefficient (Wildman–Crippen LogP) is 1.72. The second-order valence-corrected chi connectivity index (χ2v) is 3.28. The summed E-state index contributed by atoms with van der Waals surface area (Å²) in [5, 5.41) is 0. The summed E-state index contributed by atoms with van der Waals surface area (Å²) in [5.74, 6) is 0.425. The smallest absolute Gasteiger partial charge is 0.389 e. The highest BCUT2D eigenvalue weighted by molar-refractivity contribution is 5.13. The van der Waals surface area contributed by atoms with Crippen LogP contribution in [0.3, 0.4) is 0 Å². The molecule has 0 amide bonds. The monoisotopic (exact) mass is 219 g/mol. The lowest BCUT2D eigenvalue weighted by Crippen LogP contribution is -2.36.